The van der Waals surface area contributed by atoms with Crippen LogP contribution in [0.3, 0.4) is 0 Å². The molecule has 1 saturated carbocycles. The molecule has 0 aromatic rings. The van der Waals surface area contributed by atoms with Gasteiger partial charge in [0, 0.05) is 5.92 Å². The lowest BCUT2D eigenvalue weighted by Gasteiger charge is -2.42. The zero-order valence-corrected chi connectivity index (χ0v) is 16.6. The lowest BCUT2D eigenvalue weighted by molar-refractivity contribution is -0.247. The van der Waals surface area contributed by atoms with Crippen LogP contribution in [0.25, 0.3) is 0 Å². The summed E-state index contributed by atoms with van der Waals surface area (Å²) in [4.78, 5) is 0. The van der Waals surface area contributed by atoms with Crippen molar-refractivity contribution in [3.05, 3.63) is 0 Å². The molecule has 1 aliphatic carbocycles. The van der Waals surface area contributed by atoms with Crippen LogP contribution in [-0.2, 0) is 9.47 Å². The van der Waals surface area contributed by atoms with Crippen molar-refractivity contribution >= 4 is 0 Å². The highest BCUT2D eigenvalue weighted by atomic mass is 16.7. The van der Waals surface area contributed by atoms with Crippen LogP contribution in [0.15, 0.2) is 0 Å². The van der Waals surface area contributed by atoms with Gasteiger partial charge in [0.15, 0.2) is 6.29 Å². The zero-order chi connectivity index (χ0) is 18.0. The maximum Gasteiger partial charge on any atom is 0.176 e. The van der Waals surface area contributed by atoms with E-state index in [1.807, 2.05) is 0 Å². The van der Waals surface area contributed by atoms with Gasteiger partial charge in [-0.25, -0.2) is 0 Å². The van der Waals surface area contributed by atoms with E-state index in [1.165, 1.54) is 70.6 Å². The molecule has 144 valence electrons. The highest BCUT2D eigenvalue weighted by Crippen LogP contribution is 2.45. The van der Waals surface area contributed by atoms with Crippen molar-refractivity contribution in [1.82, 2.24) is 0 Å². The molecule has 0 aromatic carbocycles. The van der Waals surface area contributed by atoms with E-state index in [-0.39, 0.29) is 6.29 Å². The Hall–Kier alpha value is -0.590. The summed E-state index contributed by atoms with van der Waals surface area (Å²) in [7, 11) is 0. The Morgan fingerprint density at radius 2 is 1.44 bits per heavy atom. The first kappa shape index (κ1) is 20.7. The molecule has 0 radical (unpaired) electrons. The number of rotatable bonds is 10. The van der Waals surface area contributed by atoms with Crippen LogP contribution in [0.4, 0.5) is 0 Å². The van der Waals surface area contributed by atoms with E-state index in [9.17, 15) is 5.26 Å². The summed E-state index contributed by atoms with van der Waals surface area (Å²) in [5.41, 5.74) is -0.394. The van der Waals surface area contributed by atoms with Crippen LogP contribution >= 0.6 is 0 Å². The van der Waals surface area contributed by atoms with E-state index in [4.69, 9.17) is 9.47 Å². The minimum atomic E-state index is -0.394. The molecule has 0 spiro atoms. The average Bonchev–Trinajstić information content (AvgIpc) is 2.67. The number of nitriles is 1. The van der Waals surface area contributed by atoms with E-state index in [2.05, 4.69) is 19.9 Å². The molecule has 0 amide bonds. The molecule has 25 heavy (non-hydrogen) atoms. The number of nitrogens with zero attached hydrogens (tertiary/aromatic N) is 1. The molecule has 3 heteroatoms. The summed E-state index contributed by atoms with van der Waals surface area (Å²) >= 11 is 0. The second kappa shape index (κ2) is 11.2. The quantitative estimate of drug-likeness (QED) is 0.439. The number of hydrogen-bond donors (Lipinski definition) is 0. The maximum atomic E-state index is 9.85. The molecule has 3 nitrogen and oxygen atoms in total. The van der Waals surface area contributed by atoms with E-state index in [1.54, 1.807) is 0 Å². The third kappa shape index (κ3) is 6.26. The minimum Gasteiger partial charge on any atom is -0.351 e. The Bertz CT molecular complexity index is 387. The Kier molecular flexibility index (Phi) is 9.28. The standard InChI is InChI=1S/C22H39NO2/c1-3-5-7-8-9-11-19-12-14-22(18-23,15-13-19)21-24-16-20(17-25-21)10-6-4-2/h19-21H,3-17H2,1-2H3. The number of hydrogen-bond acceptors (Lipinski definition) is 3. The Morgan fingerprint density at radius 1 is 0.840 bits per heavy atom. The third-order valence-electron chi connectivity index (χ3n) is 6.32. The average molecular weight is 350 g/mol. The normalized spacial score (nSPS) is 33.1. The van der Waals surface area contributed by atoms with E-state index in [0.29, 0.717) is 5.92 Å². The van der Waals surface area contributed by atoms with Crippen LogP contribution in [0.2, 0.25) is 0 Å². The molecule has 1 aliphatic heterocycles. The second-order valence-corrected chi connectivity index (χ2v) is 8.42. The van der Waals surface area contributed by atoms with Crippen molar-refractivity contribution in [1.29, 1.82) is 5.26 Å². The van der Waals surface area contributed by atoms with Crippen molar-refractivity contribution in [3.63, 3.8) is 0 Å². The van der Waals surface area contributed by atoms with Gasteiger partial charge >= 0.3 is 0 Å². The van der Waals surface area contributed by atoms with Crippen molar-refractivity contribution in [2.75, 3.05) is 13.2 Å². The fraction of sp³-hybridized carbons (Fsp3) is 0.955. The molecular weight excluding hydrogens is 310 g/mol. The van der Waals surface area contributed by atoms with Crippen LogP contribution in [0.5, 0.6) is 0 Å². The van der Waals surface area contributed by atoms with Crippen molar-refractivity contribution in [2.45, 2.75) is 104 Å². The van der Waals surface area contributed by atoms with Gasteiger partial charge in [0.1, 0.15) is 5.41 Å². The molecule has 0 aromatic heterocycles. The monoisotopic (exact) mass is 349 g/mol. The first-order valence-corrected chi connectivity index (χ1v) is 10.9. The summed E-state index contributed by atoms with van der Waals surface area (Å²) in [5, 5.41) is 9.85. The van der Waals surface area contributed by atoms with Crippen molar-refractivity contribution in [2.24, 2.45) is 17.3 Å². The molecular formula is C22H39NO2. The van der Waals surface area contributed by atoms with Gasteiger partial charge in [-0.05, 0) is 38.0 Å². The zero-order valence-electron chi connectivity index (χ0n) is 16.6. The Labute approximate surface area is 155 Å². The third-order valence-corrected chi connectivity index (χ3v) is 6.32. The molecule has 0 atom stereocenters. The van der Waals surface area contributed by atoms with Crippen molar-refractivity contribution in [3.8, 4) is 6.07 Å². The van der Waals surface area contributed by atoms with Gasteiger partial charge in [0.05, 0.1) is 19.3 Å². The predicted molar refractivity (Wildman–Crippen MR) is 102 cm³/mol. The summed E-state index contributed by atoms with van der Waals surface area (Å²) < 4.78 is 12.1. The number of ether oxygens (including phenoxy) is 2. The Balaban J connectivity index is 1.71. The van der Waals surface area contributed by atoms with E-state index < -0.39 is 5.41 Å². The van der Waals surface area contributed by atoms with Crippen LogP contribution < -0.4 is 0 Å². The summed E-state index contributed by atoms with van der Waals surface area (Å²) in [6, 6.07) is 2.60. The molecule has 2 rings (SSSR count). The topological polar surface area (TPSA) is 42.2 Å². The van der Waals surface area contributed by atoms with Gasteiger partial charge in [-0.1, -0.05) is 65.2 Å². The number of unbranched alkanes of at least 4 members (excludes halogenated alkanes) is 5. The van der Waals surface area contributed by atoms with Gasteiger partial charge in [-0.15, -0.1) is 0 Å². The highest BCUT2D eigenvalue weighted by molar-refractivity contribution is 5.04. The van der Waals surface area contributed by atoms with Gasteiger partial charge in [0.25, 0.3) is 0 Å². The van der Waals surface area contributed by atoms with Gasteiger partial charge in [-0.2, -0.15) is 5.26 Å². The molecule has 2 aliphatic rings. The SMILES string of the molecule is CCCCCCCC1CCC(C#N)(C2OCC(CCCC)CO2)CC1. The molecule has 2 fully saturated rings. The molecule has 1 saturated heterocycles. The molecule has 1 heterocycles. The maximum absolute atomic E-state index is 9.85. The fourth-order valence-corrected chi connectivity index (χ4v) is 4.44. The lowest BCUT2D eigenvalue weighted by atomic mass is 9.69. The summed E-state index contributed by atoms with van der Waals surface area (Å²) in [6.45, 7) is 6.04. The van der Waals surface area contributed by atoms with Gasteiger partial charge < -0.3 is 9.47 Å². The van der Waals surface area contributed by atoms with E-state index >= 15 is 0 Å². The predicted octanol–water partition coefficient (Wildman–Crippen LogP) is 6.23. The first-order valence-electron chi connectivity index (χ1n) is 10.9. The summed E-state index contributed by atoms with van der Waals surface area (Å²) in [6.07, 6.45) is 15.8. The second-order valence-electron chi connectivity index (χ2n) is 8.42. The largest absolute Gasteiger partial charge is 0.351 e. The van der Waals surface area contributed by atoms with Crippen molar-refractivity contribution < 1.29 is 9.47 Å². The molecule has 0 N–H and O–H groups in total. The van der Waals surface area contributed by atoms with E-state index in [0.717, 1.165) is 32.0 Å². The van der Waals surface area contributed by atoms with Crippen LogP contribution in [-0.4, -0.2) is 19.5 Å². The smallest absolute Gasteiger partial charge is 0.176 e. The molecule has 0 bridgehead atoms. The van der Waals surface area contributed by atoms with Gasteiger partial charge in [-0.3, -0.25) is 0 Å². The van der Waals surface area contributed by atoms with Crippen LogP contribution in [0.1, 0.15) is 97.3 Å². The summed E-state index contributed by atoms with van der Waals surface area (Å²) in [5.74, 6) is 1.33. The molecule has 0 unspecified atom stereocenters. The fourth-order valence-electron chi connectivity index (χ4n) is 4.44. The van der Waals surface area contributed by atoms with Gasteiger partial charge in [0.2, 0.25) is 0 Å². The first-order chi connectivity index (χ1) is 12.2. The van der Waals surface area contributed by atoms with Crippen LogP contribution in [0, 0.1) is 28.6 Å². The highest BCUT2D eigenvalue weighted by Gasteiger charge is 2.45. The minimum absolute atomic E-state index is 0.291. The Morgan fingerprint density at radius 3 is 2.04 bits per heavy atom. The lowest BCUT2D eigenvalue weighted by Crippen LogP contribution is -2.45.